The van der Waals surface area contributed by atoms with E-state index < -0.39 is 0 Å². The number of hydrogen-bond donors (Lipinski definition) is 1. The van der Waals surface area contributed by atoms with E-state index >= 15 is 0 Å². The molecule has 7 heteroatoms. The van der Waals surface area contributed by atoms with E-state index in [-0.39, 0.29) is 5.91 Å². The Kier molecular flexibility index (Phi) is 11.2. The summed E-state index contributed by atoms with van der Waals surface area (Å²) in [6.07, 6.45) is 13.5. The Morgan fingerprint density at radius 1 is 0.957 bits per heavy atom. The van der Waals surface area contributed by atoms with Crippen molar-refractivity contribution in [3.05, 3.63) is 100 Å². The van der Waals surface area contributed by atoms with Gasteiger partial charge in [-0.25, -0.2) is 0 Å². The molecule has 46 heavy (non-hydrogen) atoms. The van der Waals surface area contributed by atoms with Gasteiger partial charge in [-0.15, -0.1) is 0 Å². The highest BCUT2D eigenvalue weighted by Gasteiger charge is 2.20. The number of nitrogens with one attached hydrogen (secondary N) is 1. The normalized spacial score (nSPS) is 16.7. The molecule has 1 unspecified atom stereocenters. The van der Waals surface area contributed by atoms with Crippen LogP contribution in [0.1, 0.15) is 54.5 Å². The average molecular weight is 622 g/mol. The zero-order valence-corrected chi connectivity index (χ0v) is 27.7. The summed E-state index contributed by atoms with van der Waals surface area (Å²) >= 11 is 0. The molecule has 2 aliphatic rings. The van der Waals surface area contributed by atoms with Crippen LogP contribution in [0.2, 0.25) is 0 Å². The van der Waals surface area contributed by atoms with Crippen LogP contribution in [-0.4, -0.2) is 57.6 Å². The van der Waals surface area contributed by atoms with Gasteiger partial charge in [-0.1, -0.05) is 48.1 Å². The minimum absolute atomic E-state index is 0.119. The number of nitrogens with zero attached hydrogens (tertiary/aromatic N) is 2. The number of rotatable bonds is 11. The maximum Gasteiger partial charge on any atom is 0.219 e. The molecule has 242 valence electrons. The second-order valence-corrected chi connectivity index (χ2v) is 12.5. The van der Waals surface area contributed by atoms with Crippen molar-refractivity contribution in [1.29, 1.82) is 0 Å². The summed E-state index contributed by atoms with van der Waals surface area (Å²) in [5, 5.41) is 2.90. The van der Waals surface area contributed by atoms with Crippen LogP contribution in [0.5, 0.6) is 11.5 Å². The summed E-state index contributed by atoms with van der Waals surface area (Å²) in [6, 6.07) is 19.3. The number of aryl methyl sites for hydroxylation is 1. The first-order chi connectivity index (χ1) is 22.3. The molecule has 0 radical (unpaired) electrons. The number of hydrogen-bond acceptors (Lipinski definition) is 5. The lowest BCUT2D eigenvalue weighted by atomic mass is 9.84. The quantitative estimate of drug-likeness (QED) is 0.187. The molecule has 1 atom stereocenters. The molecule has 7 nitrogen and oxygen atoms in total. The van der Waals surface area contributed by atoms with Crippen molar-refractivity contribution in [3.8, 4) is 11.5 Å². The molecule has 5 rings (SSSR count). The predicted molar refractivity (Wildman–Crippen MR) is 187 cm³/mol. The summed E-state index contributed by atoms with van der Waals surface area (Å²) in [5.74, 6) is 2.36. The maximum atomic E-state index is 11.7. The zero-order chi connectivity index (χ0) is 32.5. The Hall–Kier alpha value is -4.52. The lowest BCUT2D eigenvalue weighted by molar-refractivity contribution is -0.129. The largest absolute Gasteiger partial charge is 0.497 e. The molecular weight excluding hydrogens is 574 g/mol. The number of benzene rings is 3. The number of carbonyl (C=O) groups is 2. The number of methoxy groups -OCH3 is 2. The van der Waals surface area contributed by atoms with E-state index in [0.717, 1.165) is 80.0 Å². The molecule has 1 heterocycles. The van der Waals surface area contributed by atoms with E-state index in [0.29, 0.717) is 25.4 Å². The number of anilines is 2. The Morgan fingerprint density at radius 3 is 2.41 bits per heavy atom. The van der Waals surface area contributed by atoms with Gasteiger partial charge >= 0.3 is 0 Å². The molecule has 0 bridgehead atoms. The fourth-order valence-corrected chi connectivity index (χ4v) is 6.59. The number of ether oxygens (including phenoxy) is 2. The number of fused-ring (bicyclic) bond motifs is 1. The van der Waals surface area contributed by atoms with Gasteiger partial charge in [-0.2, -0.15) is 0 Å². The Morgan fingerprint density at radius 2 is 1.72 bits per heavy atom. The van der Waals surface area contributed by atoms with E-state index in [1.807, 2.05) is 17.0 Å². The van der Waals surface area contributed by atoms with Gasteiger partial charge in [0.25, 0.3) is 0 Å². The minimum Gasteiger partial charge on any atom is -0.497 e. The van der Waals surface area contributed by atoms with Crippen LogP contribution >= 0.6 is 0 Å². The van der Waals surface area contributed by atoms with E-state index in [9.17, 15) is 9.59 Å². The van der Waals surface area contributed by atoms with Crippen LogP contribution < -0.4 is 19.7 Å². The van der Waals surface area contributed by atoms with Gasteiger partial charge in [0.05, 0.1) is 14.2 Å². The van der Waals surface area contributed by atoms with Crippen molar-refractivity contribution in [2.45, 2.75) is 52.4 Å². The SMILES string of the molecule is COc1cc(CCC2CC=C(C)Cc3cc(C=CCc4ccc(N5CCN(C(C)=O)CC5)cc4NC=O)ccc3C2)cc(OC)c1. The third kappa shape index (κ3) is 8.59. The second-order valence-electron chi connectivity index (χ2n) is 12.5. The summed E-state index contributed by atoms with van der Waals surface area (Å²) < 4.78 is 11.0. The molecular formula is C39H47N3O4. The smallest absolute Gasteiger partial charge is 0.219 e. The maximum absolute atomic E-state index is 11.7. The van der Waals surface area contributed by atoms with Gasteiger partial charge in [0.15, 0.2) is 0 Å². The van der Waals surface area contributed by atoms with Crippen LogP contribution in [0.15, 0.2) is 72.3 Å². The Bertz CT molecular complexity index is 1560. The molecule has 1 saturated heterocycles. The van der Waals surface area contributed by atoms with Crippen LogP contribution in [0.4, 0.5) is 11.4 Å². The molecule has 1 aliphatic heterocycles. The highest BCUT2D eigenvalue weighted by atomic mass is 16.5. The summed E-state index contributed by atoms with van der Waals surface area (Å²) in [6.45, 7) is 6.86. The first-order valence-electron chi connectivity index (χ1n) is 16.3. The van der Waals surface area contributed by atoms with Crippen LogP contribution in [0.3, 0.4) is 0 Å². The fraction of sp³-hybridized carbons (Fsp3) is 0.385. The second kappa shape index (κ2) is 15.7. The van der Waals surface area contributed by atoms with Gasteiger partial charge < -0.3 is 24.6 Å². The molecule has 3 aromatic carbocycles. The van der Waals surface area contributed by atoms with Crippen molar-refractivity contribution in [2.75, 3.05) is 50.6 Å². The topological polar surface area (TPSA) is 71.1 Å². The van der Waals surface area contributed by atoms with Crippen LogP contribution in [0.25, 0.3) is 6.08 Å². The molecule has 0 saturated carbocycles. The van der Waals surface area contributed by atoms with Crippen molar-refractivity contribution in [3.63, 3.8) is 0 Å². The van der Waals surface area contributed by atoms with Crippen molar-refractivity contribution >= 4 is 29.8 Å². The van der Waals surface area contributed by atoms with E-state index in [1.54, 1.807) is 21.1 Å². The number of amides is 2. The molecule has 1 N–H and O–H groups in total. The standard InChI is InChI=1S/C39H47N3O4/c1-28-8-9-31(10-11-32-23-37(45-3)26-38(24-32)46-4)21-34-13-12-30(22-35(34)20-28)6-5-7-33-14-15-36(25-39(33)40-27-43)42-18-16-41(17-19-42)29(2)44/h5-6,8,12-15,22-27,31H,7,9-11,16-21H2,1-4H3,(H,40,43). The summed E-state index contributed by atoms with van der Waals surface area (Å²) in [7, 11) is 3.40. The third-order valence-corrected chi connectivity index (χ3v) is 9.31. The lowest BCUT2D eigenvalue weighted by Gasteiger charge is -2.36. The van der Waals surface area contributed by atoms with Gasteiger partial charge in [0, 0.05) is 50.5 Å². The minimum atomic E-state index is 0.119. The zero-order valence-electron chi connectivity index (χ0n) is 27.7. The summed E-state index contributed by atoms with van der Waals surface area (Å²) in [4.78, 5) is 27.3. The highest BCUT2D eigenvalue weighted by Crippen LogP contribution is 2.30. The molecule has 2 amide bonds. The Balaban J connectivity index is 1.24. The lowest BCUT2D eigenvalue weighted by Crippen LogP contribution is -2.48. The van der Waals surface area contributed by atoms with E-state index in [4.69, 9.17) is 9.47 Å². The molecule has 1 aliphatic carbocycles. The number of carbonyl (C=O) groups excluding carboxylic acids is 2. The Labute approximate surface area is 273 Å². The van der Waals surface area contributed by atoms with Gasteiger partial charge in [-0.3, -0.25) is 9.59 Å². The first kappa shape index (κ1) is 32.9. The molecule has 1 fully saturated rings. The van der Waals surface area contributed by atoms with Gasteiger partial charge in [0.2, 0.25) is 12.3 Å². The van der Waals surface area contributed by atoms with E-state index in [2.05, 4.69) is 77.8 Å². The van der Waals surface area contributed by atoms with Crippen LogP contribution in [-0.2, 0) is 35.3 Å². The third-order valence-electron chi connectivity index (χ3n) is 9.31. The molecule has 0 spiro atoms. The first-order valence-corrected chi connectivity index (χ1v) is 16.3. The fourth-order valence-electron chi connectivity index (χ4n) is 6.59. The van der Waals surface area contributed by atoms with Gasteiger partial charge in [-0.05, 0) is 103 Å². The molecule has 3 aromatic rings. The van der Waals surface area contributed by atoms with E-state index in [1.165, 1.54) is 27.8 Å². The monoisotopic (exact) mass is 621 g/mol. The van der Waals surface area contributed by atoms with Crippen molar-refractivity contribution in [2.24, 2.45) is 5.92 Å². The predicted octanol–water partition coefficient (Wildman–Crippen LogP) is 6.88. The highest BCUT2D eigenvalue weighted by molar-refractivity contribution is 5.77. The van der Waals surface area contributed by atoms with Crippen molar-refractivity contribution in [1.82, 2.24) is 4.90 Å². The van der Waals surface area contributed by atoms with Gasteiger partial charge in [0.1, 0.15) is 11.5 Å². The van der Waals surface area contributed by atoms with Crippen molar-refractivity contribution < 1.29 is 19.1 Å². The molecule has 0 aromatic heterocycles. The van der Waals surface area contributed by atoms with Crippen LogP contribution in [0, 0.1) is 5.92 Å². The summed E-state index contributed by atoms with van der Waals surface area (Å²) in [5.41, 5.74) is 9.65. The number of piperazine rings is 1. The average Bonchev–Trinajstić information content (AvgIpc) is 3.06. The number of allylic oxidation sites excluding steroid dienone is 3.